The Morgan fingerprint density at radius 3 is 2.52 bits per heavy atom. The van der Waals surface area contributed by atoms with E-state index in [1.54, 1.807) is 26.2 Å². The van der Waals surface area contributed by atoms with E-state index in [2.05, 4.69) is 32.8 Å². The summed E-state index contributed by atoms with van der Waals surface area (Å²) in [5, 5.41) is 4.36. The second-order valence-electron chi connectivity index (χ2n) is 6.93. The van der Waals surface area contributed by atoms with Gasteiger partial charge in [0.25, 0.3) is 5.91 Å². The lowest BCUT2D eigenvalue weighted by Gasteiger charge is -2.20. The van der Waals surface area contributed by atoms with E-state index >= 15 is 0 Å². The first kappa shape index (κ1) is 22.6. The lowest BCUT2D eigenvalue weighted by atomic mass is 10.1. The molecule has 0 saturated carbocycles. The SMILES string of the molecule is C=C/C=N\C=C(/N)C(=O)Nc1csc(-c2ccc(Br)cc2)c1C(=O)OC(C)(C)C. The van der Waals surface area contributed by atoms with Crippen LogP contribution in [0.1, 0.15) is 31.1 Å². The summed E-state index contributed by atoms with van der Waals surface area (Å²) in [5.41, 5.74) is 6.41. The minimum absolute atomic E-state index is 0.102. The van der Waals surface area contributed by atoms with E-state index in [1.165, 1.54) is 29.8 Å². The quantitative estimate of drug-likeness (QED) is 0.344. The van der Waals surface area contributed by atoms with Crippen molar-refractivity contribution >= 4 is 51.0 Å². The van der Waals surface area contributed by atoms with Crippen LogP contribution in [0.5, 0.6) is 0 Å². The number of thiophene rings is 1. The molecule has 152 valence electrons. The summed E-state index contributed by atoms with van der Waals surface area (Å²) >= 11 is 4.73. The third-order valence-electron chi connectivity index (χ3n) is 3.42. The van der Waals surface area contributed by atoms with Crippen LogP contribution in [0.15, 0.2) is 63.7 Å². The Morgan fingerprint density at radius 1 is 1.28 bits per heavy atom. The summed E-state index contributed by atoms with van der Waals surface area (Å²) in [4.78, 5) is 29.8. The van der Waals surface area contributed by atoms with Gasteiger partial charge in [0, 0.05) is 16.1 Å². The number of halogens is 1. The number of amides is 1. The van der Waals surface area contributed by atoms with E-state index in [0.717, 1.165) is 10.0 Å². The lowest BCUT2D eigenvalue weighted by molar-refractivity contribution is -0.112. The fraction of sp³-hybridized carbons (Fsp3) is 0.190. The maximum atomic E-state index is 12.9. The van der Waals surface area contributed by atoms with Gasteiger partial charge < -0.3 is 15.8 Å². The average Bonchev–Trinajstić information content (AvgIpc) is 3.04. The highest BCUT2D eigenvalue weighted by molar-refractivity contribution is 9.10. The Labute approximate surface area is 182 Å². The number of nitrogens with zero attached hydrogens (tertiary/aromatic N) is 1. The summed E-state index contributed by atoms with van der Waals surface area (Å²) in [6, 6.07) is 7.52. The number of rotatable bonds is 6. The number of anilines is 1. The summed E-state index contributed by atoms with van der Waals surface area (Å²) in [6.07, 6.45) is 4.08. The molecule has 1 aromatic carbocycles. The second-order valence-corrected chi connectivity index (χ2v) is 8.73. The van der Waals surface area contributed by atoms with Crippen LogP contribution in [0.2, 0.25) is 0 Å². The number of ether oxygens (including phenoxy) is 1. The molecule has 0 bridgehead atoms. The van der Waals surface area contributed by atoms with Gasteiger partial charge in [-0.05, 0) is 38.5 Å². The van der Waals surface area contributed by atoms with E-state index < -0.39 is 17.5 Å². The van der Waals surface area contributed by atoms with Gasteiger partial charge in [-0.2, -0.15) is 0 Å². The van der Waals surface area contributed by atoms with Crippen LogP contribution in [0.25, 0.3) is 10.4 Å². The standard InChI is InChI=1S/C21H22BrN3O3S/c1-5-10-24-11-15(23)19(26)25-16-12-29-18(13-6-8-14(22)9-7-13)17(16)20(27)28-21(2,3)4/h5-12H,1,23H2,2-4H3,(H,25,26)/b15-11-,24-10-. The minimum Gasteiger partial charge on any atom is -0.456 e. The van der Waals surface area contributed by atoms with Crippen molar-refractivity contribution in [3.05, 3.63) is 64.2 Å². The maximum Gasteiger partial charge on any atom is 0.342 e. The fourth-order valence-corrected chi connectivity index (χ4v) is 3.49. The Morgan fingerprint density at radius 2 is 1.93 bits per heavy atom. The van der Waals surface area contributed by atoms with Crippen LogP contribution >= 0.6 is 27.3 Å². The maximum absolute atomic E-state index is 12.9. The molecule has 0 radical (unpaired) electrons. The number of allylic oxidation sites excluding steroid dienone is 1. The number of hydrogen-bond acceptors (Lipinski definition) is 6. The third-order valence-corrected chi connectivity index (χ3v) is 4.97. The zero-order valence-corrected chi connectivity index (χ0v) is 18.8. The summed E-state index contributed by atoms with van der Waals surface area (Å²) in [7, 11) is 0. The molecule has 2 aromatic rings. The molecule has 0 spiro atoms. The average molecular weight is 476 g/mol. The van der Waals surface area contributed by atoms with Gasteiger partial charge in [0.05, 0.1) is 16.8 Å². The number of esters is 1. The van der Waals surface area contributed by atoms with Gasteiger partial charge in [0.1, 0.15) is 16.9 Å². The molecule has 0 atom stereocenters. The topological polar surface area (TPSA) is 93.8 Å². The molecule has 0 saturated heterocycles. The molecule has 2 rings (SSSR count). The van der Waals surface area contributed by atoms with E-state index in [4.69, 9.17) is 10.5 Å². The largest absolute Gasteiger partial charge is 0.456 e. The van der Waals surface area contributed by atoms with Gasteiger partial charge >= 0.3 is 5.97 Å². The fourth-order valence-electron chi connectivity index (χ4n) is 2.23. The molecule has 0 aliphatic heterocycles. The summed E-state index contributed by atoms with van der Waals surface area (Å²) in [6.45, 7) is 8.85. The molecule has 3 N–H and O–H groups in total. The second kappa shape index (κ2) is 9.67. The number of nitrogens with one attached hydrogen (secondary N) is 1. The van der Waals surface area contributed by atoms with Crippen molar-refractivity contribution in [1.82, 2.24) is 0 Å². The van der Waals surface area contributed by atoms with Crippen LogP contribution in [0.4, 0.5) is 5.69 Å². The van der Waals surface area contributed by atoms with Gasteiger partial charge in [-0.25, -0.2) is 4.79 Å². The first-order valence-corrected chi connectivity index (χ1v) is 10.3. The predicted octanol–water partition coefficient (Wildman–Crippen LogP) is 5.13. The molecule has 1 aromatic heterocycles. The van der Waals surface area contributed by atoms with Crippen molar-refractivity contribution in [3.63, 3.8) is 0 Å². The number of aliphatic imine (C=N–C) groups is 1. The molecular weight excluding hydrogens is 454 g/mol. The number of carbonyl (C=O) groups excluding carboxylic acids is 2. The van der Waals surface area contributed by atoms with Crippen molar-refractivity contribution in [3.8, 4) is 10.4 Å². The molecule has 0 aliphatic rings. The molecule has 0 aliphatic carbocycles. The van der Waals surface area contributed by atoms with Gasteiger partial charge in [0.2, 0.25) is 0 Å². The minimum atomic E-state index is -0.685. The van der Waals surface area contributed by atoms with E-state index in [-0.39, 0.29) is 11.3 Å². The highest BCUT2D eigenvalue weighted by Crippen LogP contribution is 2.37. The number of nitrogens with two attached hydrogens (primary N) is 1. The molecule has 8 heteroatoms. The van der Waals surface area contributed by atoms with Crippen molar-refractivity contribution < 1.29 is 14.3 Å². The van der Waals surface area contributed by atoms with E-state index in [9.17, 15) is 9.59 Å². The lowest BCUT2D eigenvalue weighted by Crippen LogP contribution is -2.25. The van der Waals surface area contributed by atoms with Gasteiger partial charge in [0.15, 0.2) is 0 Å². The van der Waals surface area contributed by atoms with Crippen LogP contribution in [-0.2, 0) is 9.53 Å². The normalized spacial score (nSPS) is 12.1. The monoisotopic (exact) mass is 475 g/mol. The van der Waals surface area contributed by atoms with E-state index in [0.29, 0.717) is 10.6 Å². The zero-order chi connectivity index (χ0) is 21.6. The molecule has 6 nitrogen and oxygen atoms in total. The number of hydrogen-bond donors (Lipinski definition) is 2. The van der Waals surface area contributed by atoms with Gasteiger partial charge in [-0.15, -0.1) is 11.3 Å². The third kappa shape index (κ3) is 6.40. The molecule has 29 heavy (non-hydrogen) atoms. The van der Waals surface area contributed by atoms with Crippen LogP contribution in [0, 0.1) is 0 Å². The first-order chi connectivity index (χ1) is 13.6. The Balaban J connectivity index is 2.44. The van der Waals surface area contributed by atoms with Crippen molar-refractivity contribution in [2.24, 2.45) is 10.7 Å². The van der Waals surface area contributed by atoms with Crippen molar-refractivity contribution in [2.75, 3.05) is 5.32 Å². The molecule has 1 heterocycles. The molecular formula is C21H22BrN3O3S. The number of benzene rings is 1. The Hall–Kier alpha value is -2.71. The predicted molar refractivity (Wildman–Crippen MR) is 122 cm³/mol. The Bertz CT molecular complexity index is 970. The van der Waals surface area contributed by atoms with Gasteiger partial charge in [-0.1, -0.05) is 40.7 Å². The summed E-state index contributed by atoms with van der Waals surface area (Å²) < 4.78 is 6.48. The van der Waals surface area contributed by atoms with E-state index in [1.807, 2.05) is 24.3 Å². The first-order valence-electron chi connectivity index (χ1n) is 8.64. The molecule has 1 amide bonds. The summed E-state index contributed by atoms with van der Waals surface area (Å²) in [5.74, 6) is -1.10. The molecule has 0 fully saturated rings. The molecule has 0 unspecified atom stereocenters. The van der Waals surface area contributed by atoms with Gasteiger partial charge in [-0.3, -0.25) is 9.79 Å². The highest BCUT2D eigenvalue weighted by atomic mass is 79.9. The van der Waals surface area contributed by atoms with Crippen molar-refractivity contribution in [1.29, 1.82) is 0 Å². The van der Waals surface area contributed by atoms with Crippen molar-refractivity contribution in [2.45, 2.75) is 26.4 Å². The zero-order valence-electron chi connectivity index (χ0n) is 16.4. The number of carbonyl (C=O) groups is 2. The van der Waals surface area contributed by atoms with Crippen LogP contribution < -0.4 is 11.1 Å². The highest BCUT2D eigenvalue weighted by Gasteiger charge is 2.26. The van der Waals surface area contributed by atoms with Crippen LogP contribution in [0.3, 0.4) is 0 Å². The van der Waals surface area contributed by atoms with Crippen LogP contribution in [-0.4, -0.2) is 23.7 Å². The Kier molecular flexibility index (Phi) is 7.53. The smallest absolute Gasteiger partial charge is 0.342 e.